The normalized spacial score (nSPS) is 21.7. The van der Waals surface area contributed by atoms with Gasteiger partial charge in [0.05, 0.1) is 17.1 Å². The van der Waals surface area contributed by atoms with Crippen molar-refractivity contribution in [3.05, 3.63) is 39.4 Å². The number of amides is 1. The largest absolute Gasteiger partial charge is 0.378 e. The fraction of sp³-hybridized carbons (Fsp3) is 0.462. The van der Waals surface area contributed by atoms with Crippen molar-refractivity contribution in [2.45, 2.75) is 19.1 Å². The molecule has 20 heavy (non-hydrogen) atoms. The second-order valence-corrected chi connectivity index (χ2v) is 4.77. The number of aryl methyl sites for hydroxylation is 1. The van der Waals surface area contributed by atoms with Crippen LogP contribution in [0, 0.1) is 17.0 Å². The van der Waals surface area contributed by atoms with Crippen molar-refractivity contribution in [1.82, 2.24) is 10.6 Å². The predicted molar refractivity (Wildman–Crippen MR) is 72.8 cm³/mol. The van der Waals surface area contributed by atoms with Gasteiger partial charge in [-0.25, -0.2) is 0 Å². The van der Waals surface area contributed by atoms with Crippen LogP contribution in [0.25, 0.3) is 0 Å². The molecule has 0 radical (unpaired) electrons. The number of nitro benzene ring substituents is 1. The molecule has 2 atom stereocenters. The van der Waals surface area contributed by atoms with E-state index in [4.69, 9.17) is 4.74 Å². The van der Waals surface area contributed by atoms with Gasteiger partial charge < -0.3 is 15.4 Å². The van der Waals surface area contributed by atoms with Crippen molar-refractivity contribution >= 4 is 11.6 Å². The molecule has 0 bridgehead atoms. The van der Waals surface area contributed by atoms with Crippen LogP contribution in [0.3, 0.4) is 0 Å². The molecule has 1 heterocycles. The summed E-state index contributed by atoms with van der Waals surface area (Å²) in [4.78, 5) is 22.5. The first-order valence-electron chi connectivity index (χ1n) is 6.32. The summed E-state index contributed by atoms with van der Waals surface area (Å²) < 4.78 is 5.27. The first-order valence-corrected chi connectivity index (χ1v) is 6.32. The van der Waals surface area contributed by atoms with Gasteiger partial charge in [-0.15, -0.1) is 0 Å². The molecule has 0 spiro atoms. The van der Waals surface area contributed by atoms with Gasteiger partial charge in [-0.05, 0) is 12.5 Å². The van der Waals surface area contributed by atoms with Gasteiger partial charge in [0.25, 0.3) is 11.6 Å². The van der Waals surface area contributed by atoms with Crippen molar-refractivity contribution < 1.29 is 14.5 Å². The van der Waals surface area contributed by atoms with E-state index in [-0.39, 0.29) is 23.7 Å². The molecule has 7 heteroatoms. The van der Waals surface area contributed by atoms with E-state index >= 15 is 0 Å². The molecule has 1 aromatic carbocycles. The zero-order valence-corrected chi connectivity index (χ0v) is 11.4. The number of carbonyl (C=O) groups is 1. The van der Waals surface area contributed by atoms with Gasteiger partial charge in [0.15, 0.2) is 0 Å². The molecule has 1 aliphatic heterocycles. The lowest BCUT2D eigenvalue weighted by Crippen LogP contribution is -2.43. The van der Waals surface area contributed by atoms with E-state index in [1.807, 2.05) is 0 Å². The molecule has 1 unspecified atom stereocenters. The molecular weight excluding hydrogens is 262 g/mol. The maximum atomic E-state index is 12.2. The molecule has 2 N–H and O–H groups in total. The molecule has 0 saturated carbocycles. The van der Waals surface area contributed by atoms with Gasteiger partial charge in [0.2, 0.25) is 0 Å². The minimum atomic E-state index is -0.509. The Morgan fingerprint density at radius 3 is 2.90 bits per heavy atom. The van der Waals surface area contributed by atoms with Crippen LogP contribution in [0.2, 0.25) is 0 Å². The third kappa shape index (κ3) is 2.94. The van der Waals surface area contributed by atoms with Crippen LogP contribution >= 0.6 is 0 Å². The molecule has 0 aliphatic carbocycles. The van der Waals surface area contributed by atoms with E-state index < -0.39 is 4.92 Å². The number of hydrogen-bond donors (Lipinski definition) is 2. The third-order valence-electron chi connectivity index (χ3n) is 3.45. The fourth-order valence-corrected chi connectivity index (χ4v) is 2.26. The first-order chi connectivity index (χ1) is 9.52. The number of nitrogens with one attached hydrogen (secondary N) is 2. The Bertz CT molecular complexity index is 532. The summed E-state index contributed by atoms with van der Waals surface area (Å²) in [6, 6.07) is 4.13. The summed E-state index contributed by atoms with van der Waals surface area (Å²) in [6.45, 7) is 3.05. The van der Waals surface area contributed by atoms with Crippen molar-refractivity contribution in [3.8, 4) is 0 Å². The number of ether oxygens (including phenoxy) is 1. The molecule has 1 aliphatic rings. The van der Waals surface area contributed by atoms with Crippen LogP contribution in [0.5, 0.6) is 0 Å². The minimum Gasteiger partial charge on any atom is -0.378 e. The third-order valence-corrected chi connectivity index (χ3v) is 3.45. The molecule has 7 nitrogen and oxygen atoms in total. The zero-order valence-electron chi connectivity index (χ0n) is 11.4. The van der Waals surface area contributed by atoms with Gasteiger partial charge in [0, 0.05) is 37.9 Å². The Morgan fingerprint density at radius 1 is 1.50 bits per heavy atom. The van der Waals surface area contributed by atoms with Gasteiger partial charge in [-0.2, -0.15) is 0 Å². The maximum absolute atomic E-state index is 12.2. The smallest absolute Gasteiger partial charge is 0.270 e. The molecule has 1 amide bonds. The number of carbonyl (C=O) groups excluding carboxylic acids is 1. The molecule has 2 rings (SSSR count). The van der Waals surface area contributed by atoms with E-state index in [1.165, 1.54) is 12.1 Å². The Labute approximate surface area is 116 Å². The average molecular weight is 279 g/mol. The van der Waals surface area contributed by atoms with Crippen LogP contribution in [0.1, 0.15) is 15.9 Å². The predicted octanol–water partition coefficient (Wildman–Crippen LogP) is 0.620. The summed E-state index contributed by atoms with van der Waals surface area (Å²) in [7, 11) is 1.59. The highest BCUT2D eigenvalue weighted by molar-refractivity contribution is 5.96. The lowest BCUT2D eigenvalue weighted by Gasteiger charge is -2.19. The molecule has 1 saturated heterocycles. The lowest BCUT2D eigenvalue weighted by atomic mass is 10.1. The average Bonchev–Trinajstić information content (AvgIpc) is 2.86. The van der Waals surface area contributed by atoms with Crippen LogP contribution < -0.4 is 10.6 Å². The Morgan fingerprint density at radius 2 is 2.25 bits per heavy atom. The van der Waals surface area contributed by atoms with E-state index in [1.54, 1.807) is 20.1 Å². The SMILES string of the molecule is CO[C@H]1CNCC1NC(=O)c1cc([N+](=O)[O-])ccc1C. The highest BCUT2D eigenvalue weighted by atomic mass is 16.6. The maximum Gasteiger partial charge on any atom is 0.270 e. The van der Waals surface area contributed by atoms with Crippen molar-refractivity contribution in [3.63, 3.8) is 0 Å². The van der Waals surface area contributed by atoms with Gasteiger partial charge in [-0.1, -0.05) is 6.07 Å². The molecule has 0 aromatic heterocycles. The van der Waals surface area contributed by atoms with Gasteiger partial charge in [0.1, 0.15) is 0 Å². The lowest BCUT2D eigenvalue weighted by molar-refractivity contribution is -0.384. The first kappa shape index (κ1) is 14.4. The van der Waals surface area contributed by atoms with Gasteiger partial charge in [-0.3, -0.25) is 14.9 Å². The van der Waals surface area contributed by atoms with Crippen LogP contribution in [0.15, 0.2) is 18.2 Å². The highest BCUT2D eigenvalue weighted by Gasteiger charge is 2.29. The number of hydrogen-bond acceptors (Lipinski definition) is 5. The minimum absolute atomic E-state index is 0.0852. The standard InChI is InChI=1S/C13H17N3O4/c1-8-3-4-9(16(18)19)5-10(8)13(17)15-11-6-14-7-12(11)20-2/h3-5,11-12,14H,6-7H2,1-2H3,(H,15,17)/t11?,12-/m0/s1. The number of non-ortho nitro benzene ring substituents is 1. The van der Waals surface area contributed by atoms with Gasteiger partial charge >= 0.3 is 0 Å². The van der Waals surface area contributed by atoms with E-state index in [9.17, 15) is 14.9 Å². The van der Waals surface area contributed by atoms with Crippen molar-refractivity contribution in [1.29, 1.82) is 0 Å². The highest BCUT2D eigenvalue weighted by Crippen LogP contribution is 2.17. The molecule has 1 fully saturated rings. The summed E-state index contributed by atoms with van der Waals surface area (Å²) >= 11 is 0. The Hall–Kier alpha value is -1.99. The number of rotatable bonds is 4. The summed E-state index contributed by atoms with van der Waals surface area (Å²) in [6.07, 6.45) is -0.0852. The van der Waals surface area contributed by atoms with Crippen molar-refractivity contribution in [2.24, 2.45) is 0 Å². The molecule has 1 aromatic rings. The number of nitrogens with zero attached hydrogens (tertiary/aromatic N) is 1. The zero-order chi connectivity index (χ0) is 14.7. The van der Waals surface area contributed by atoms with E-state index in [2.05, 4.69) is 10.6 Å². The Balaban J connectivity index is 2.16. The molecular formula is C13H17N3O4. The van der Waals surface area contributed by atoms with Crippen LogP contribution in [0.4, 0.5) is 5.69 Å². The number of benzene rings is 1. The topological polar surface area (TPSA) is 93.5 Å². The summed E-state index contributed by atoms with van der Waals surface area (Å²) in [5.74, 6) is -0.318. The fourth-order valence-electron chi connectivity index (χ4n) is 2.26. The van der Waals surface area contributed by atoms with E-state index in [0.717, 1.165) is 0 Å². The number of methoxy groups -OCH3 is 1. The second-order valence-electron chi connectivity index (χ2n) is 4.77. The summed E-state index contributed by atoms with van der Waals surface area (Å²) in [5, 5.41) is 16.8. The number of nitro groups is 1. The Kier molecular flexibility index (Phi) is 4.31. The monoisotopic (exact) mass is 279 g/mol. The van der Waals surface area contributed by atoms with Crippen molar-refractivity contribution in [2.75, 3.05) is 20.2 Å². The van der Waals surface area contributed by atoms with E-state index in [0.29, 0.717) is 24.2 Å². The quantitative estimate of drug-likeness (QED) is 0.622. The summed E-state index contributed by atoms with van der Waals surface area (Å²) in [5.41, 5.74) is 0.933. The van der Waals surface area contributed by atoms with Crippen LogP contribution in [-0.4, -0.2) is 43.2 Å². The molecule has 108 valence electrons. The van der Waals surface area contributed by atoms with Crippen LogP contribution in [-0.2, 0) is 4.74 Å². The second kappa shape index (κ2) is 5.98.